The van der Waals surface area contributed by atoms with Crippen molar-refractivity contribution >= 4 is 29.0 Å². The van der Waals surface area contributed by atoms with Gasteiger partial charge in [-0.3, -0.25) is 9.59 Å². The summed E-state index contributed by atoms with van der Waals surface area (Å²) < 4.78 is 0. The number of ketones is 1. The summed E-state index contributed by atoms with van der Waals surface area (Å²) in [5.41, 5.74) is 7.59. The molecule has 0 saturated carbocycles. The topological polar surface area (TPSA) is 63.4 Å². The molecular formula is C19H19ClN2O2. The minimum atomic E-state index is -0.0453. The summed E-state index contributed by atoms with van der Waals surface area (Å²) >= 11 is 5.86. The second-order valence-corrected chi connectivity index (χ2v) is 6.50. The van der Waals surface area contributed by atoms with Gasteiger partial charge in [0.05, 0.1) is 0 Å². The van der Waals surface area contributed by atoms with Gasteiger partial charge in [-0.15, -0.1) is 0 Å². The molecule has 1 amide bonds. The van der Waals surface area contributed by atoms with Gasteiger partial charge in [0.2, 0.25) is 0 Å². The number of carbonyl (C=O) groups excluding carboxylic acids is 2. The number of amides is 1. The lowest BCUT2D eigenvalue weighted by Crippen LogP contribution is -2.40. The third kappa shape index (κ3) is 3.60. The van der Waals surface area contributed by atoms with E-state index in [9.17, 15) is 9.59 Å². The zero-order chi connectivity index (χ0) is 17.1. The number of likely N-dealkylation sites (tertiary alicyclic amines) is 1. The van der Waals surface area contributed by atoms with Gasteiger partial charge in [-0.1, -0.05) is 17.7 Å². The average molecular weight is 343 g/mol. The molecule has 1 aliphatic heterocycles. The third-order valence-electron chi connectivity index (χ3n) is 4.42. The van der Waals surface area contributed by atoms with Crippen molar-refractivity contribution in [2.75, 3.05) is 18.8 Å². The van der Waals surface area contributed by atoms with Crippen molar-refractivity contribution in [2.24, 2.45) is 5.92 Å². The Bertz CT molecular complexity index is 750. The highest BCUT2D eigenvalue weighted by Crippen LogP contribution is 2.24. The number of anilines is 1. The average Bonchev–Trinajstić information content (AvgIpc) is 2.61. The number of halogens is 1. The molecule has 0 unspecified atom stereocenters. The molecule has 0 aliphatic carbocycles. The summed E-state index contributed by atoms with van der Waals surface area (Å²) in [4.78, 5) is 26.8. The van der Waals surface area contributed by atoms with E-state index in [4.69, 9.17) is 17.3 Å². The Balaban J connectivity index is 1.62. The minimum absolute atomic E-state index is 0.0281. The first-order chi connectivity index (χ1) is 11.5. The van der Waals surface area contributed by atoms with Crippen molar-refractivity contribution in [3.05, 3.63) is 64.7 Å². The highest BCUT2D eigenvalue weighted by Gasteiger charge is 2.28. The van der Waals surface area contributed by atoms with Crippen LogP contribution in [-0.2, 0) is 0 Å². The summed E-state index contributed by atoms with van der Waals surface area (Å²) in [5.74, 6) is 0.0541. The van der Waals surface area contributed by atoms with Crippen molar-refractivity contribution in [3.63, 3.8) is 0 Å². The van der Waals surface area contributed by atoms with Gasteiger partial charge in [0, 0.05) is 40.8 Å². The molecule has 0 atom stereocenters. The smallest absolute Gasteiger partial charge is 0.253 e. The van der Waals surface area contributed by atoms with E-state index in [0.29, 0.717) is 47.8 Å². The van der Waals surface area contributed by atoms with Crippen LogP contribution in [0.1, 0.15) is 33.6 Å². The van der Waals surface area contributed by atoms with Gasteiger partial charge in [0.15, 0.2) is 5.78 Å². The molecule has 5 heteroatoms. The fourth-order valence-corrected chi connectivity index (χ4v) is 3.17. The molecule has 2 aromatic rings. The molecule has 4 nitrogen and oxygen atoms in total. The normalized spacial score (nSPS) is 15.3. The molecule has 0 spiro atoms. The first-order valence-corrected chi connectivity index (χ1v) is 8.37. The number of piperidine rings is 1. The van der Waals surface area contributed by atoms with Crippen LogP contribution in [0.3, 0.4) is 0 Å². The third-order valence-corrected chi connectivity index (χ3v) is 4.67. The first kappa shape index (κ1) is 16.5. The largest absolute Gasteiger partial charge is 0.399 e. The quantitative estimate of drug-likeness (QED) is 0.684. The zero-order valence-corrected chi connectivity index (χ0v) is 14.0. The van der Waals surface area contributed by atoms with Crippen molar-refractivity contribution in [1.29, 1.82) is 0 Å². The van der Waals surface area contributed by atoms with E-state index >= 15 is 0 Å². The molecule has 1 saturated heterocycles. The van der Waals surface area contributed by atoms with Gasteiger partial charge in [0.25, 0.3) is 5.91 Å². The lowest BCUT2D eigenvalue weighted by molar-refractivity contribution is 0.0650. The van der Waals surface area contributed by atoms with E-state index in [0.717, 1.165) is 0 Å². The first-order valence-electron chi connectivity index (χ1n) is 7.99. The molecule has 0 radical (unpaired) electrons. The fourth-order valence-electron chi connectivity index (χ4n) is 3.05. The molecular weight excluding hydrogens is 324 g/mol. The minimum Gasteiger partial charge on any atom is -0.399 e. The standard InChI is InChI=1S/C19H19ClN2O2/c20-16-6-4-13(5-7-16)18(23)14-8-10-22(11-9-14)19(24)15-2-1-3-17(21)12-15/h1-7,12,14H,8-11,21H2. The second-order valence-electron chi connectivity index (χ2n) is 6.06. The number of Topliss-reactive ketones (excluding diaryl/α,β-unsaturated/α-hetero) is 1. The van der Waals surface area contributed by atoms with Gasteiger partial charge in [-0.05, 0) is 55.3 Å². The number of rotatable bonds is 3. The SMILES string of the molecule is Nc1cccc(C(=O)N2CCC(C(=O)c3ccc(Cl)cc3)CC2)c1. The van der Waals surface area contributed by atoms with Gasteiger partial charge in [-0.25, -0.2) is 0 Å². The van der Waals surface area contributed by atoms with Crippen molar-refractivity contribution in [2.45, 2.75) is 12.8 Å². The van der Waals surface area contributed by atoms with Crippen LogP contribution in [0.2, 0.25) is 5.02 Å². The highest BCUT2D eigenvalue weighted by molar-refractivity contribution is 6.30. The number of nitrogens with zero attached hydrogens (tertiary/aromatic N) is 1. The molecule has 2 N–H and O–H groups in total. The predicted molar refractivity (Wildman–Crippen MR) is 95.3 cm³/mol. The van der Waals surface area contributed by atoms with E-state index in [2.05, 4.69) is 0 Å². The molecule has 0 bridgehead atoms. The van der Waals surface area contributed by atoms with Crippen LogP contribution in [0.5, 0.6) is 0 Å². The molecule has 1 aliphatic rings. The van der Waals surface area contributed by atoms with Crippen LogP contribution in [-0.4, -0.2) is 29.7 Å². The number of hydrogen-bond donors (Lipinski definition) is 1. The maximum Gasteiger partial charge on any atom is 0.253 e. The van der Waals surface area contributed by atoms with Gasteiger partial charge >= 0.3 is 0 Å². The van der Waals surface area contributed by atoms with E-state index in [-0.39, 0.29) is 17.6 Å². The Kier molecular flexibility index (Phi) is 4.86. The number of carbonyl (C=O) groups is 2. The van der Waals surface area contributed by atoms with E-state index < -0.39 is 0 Å². The maximum absolute atomic E-state index is 12.5. The van der Waals surface area contributed by atoms with E-state index in [1.165, 1.54) is 0 Å². The molecule has 0 aromatic heterocycles. The van der Waals surface area contributed by atoms with Crippen LogP contribution in [0.15, 0.2) is 48.5 Å². The van der Waals surface area contributed by atoms with Crippen LogP contribution >= 0.6 is 11.6 Å². The Morgan fingerprint density at radius 3 is 2.29 bits per heavy atom. The van der Waals surface area contributed by atoms with Gasteiger partial charge in [0.1, 0.15) is 0 Å². The van der Waals surface area contributed by atoms with Gasteiger partial charge < -0.3 is 10.6 Å². The van der Waals surface area contributed by atoms with E-state index in [1.807, 2.05) is 0 Å². The lowest BCUT2D eigenvalue weighted by atomic mass is 9.88. The molecule has 24 heavy (non-hydrogen) atoms. The van der Waals surface area contributed by atoms with Crippen molar-refractivity contribution in [3.8, 4) is 0 Å². The van der Waals surface area contributed by atoms with Crippen LogP contribution < -0.4 is 5.73 Å². The lowest BCUT2D eigenvalue weighted by Gasteiger charge is -2.31. The van der Waals surface area contributed by atoms with E-state index in [1.54, 1.807) is 53.4 Å². The monoisotopic (exact) mass is 342 g/mol. The Morgan fingerprint density at radius 1 is 1.00 bits per heavy atom. The number of nitrogens with two attached hydrogens (primary N) is 1. The van der Waals surface area contributed by atoms with Crippen LogP contribution in [0, 0.1) is 5.92 Å². The summed E-state index contributed by atoms with van der Waals surface area (Å²) in [6.07, 6.45) is 1.35. The summed E-state index contributed by atoms with van der Waals surface area (Å²) in [5, 5.41) is 0.620. The van der Waals surface area contributed by atoms with Gasteiger partial charge in [-0.2, -0.15) is 0 Å². The van der Waals surface area contributed by atoms with Crippen molar-refractivity contribution in [1.82, 2.24) is 4.90 Å². The molecule has 1 fully saturated rings. The predicted octanol–water partition coefficient (Wildman–Crippen LogP) is 3.66. The Labute approximate surface area is 146 Å². The molecule has 124 valence electrons. The highest BCUT2D eigenvalue weighted by atomic mass is 35.5. The molecule has 2 aromatic carbocycles. The summed E-state index contributed by atoms with van der Waals surface area (Å²) in [7, 11) is 0. The second kappa shape index (κ2) is 7.05. The summed E-state index contributed by atoms with van der Waals surface area (Å²) in [6, 6.07) is 14.0. The van der Waals surface area contributed by atoms with Crippen LogP contribution in [0.25, 0.3) is 0 Å². The Morgan fingerprint density at radius 2 is 1.67 bits per heavy atom. The number of nitrogen functional groups attached to an aromatic ring is 1. The maximum atomic E-state index is 12.5. The summed E-state index contributed by atoms with van der Waals surface area (Å²) in [6.45, 7) is 1.16. The van der Waals surface area contributed by atoms with Crippen molar-refractivity contribution < 1.29 is 9.59 Å². The molecule has 3 rings (SSSR count). The number of benzene rings is 2. The fraction of sp³-hybridized carbons (Fsp3) is 0.263. The Hall–Kier alpha value is -2.33. The zero-order valence-electron chi connectivity index (χ0n) is 13.2. The number of hydrogen-bond acceptors (Lipinski definition) is 3. The van der Waals surface area contributed by atoms with Crippen LogP contribution in [0.4, 0.5) is 5.69 Å². The molecule has 1 heterocycles.